The molecule has 0 radical (unpaired) electrons. The van der Waals surface area contributed by atoms with E-state index in [1.165, 1.54) is 18.2 Å². The SMILES string of the molecule is Cc1cc(C)c(NC(=O)/C=C/c2ccc(OC(F)F)cc2)c(C)c1. The average molecular weight is 331 g/mol. The summed E-state index contributed by atoms with van der Waals surface area (Å²) in [5.41, 5.74) is 4.66. The fourth-order valence-corrected chi connectivity index (χ4v) is 2.47. The first-order chi connectivity index (χ1) is 11.3. The van der Waals surface area contributed by atoms with Crippen LogP contribution in [0.1, 0.15) is 22.3 Å². The smallest absolute Gasteiger partial charge is 0.387 e. The van der Waals surface area contributed by atoms with E-state index in [2.05, 4.69) is 10.1 Å². The molecule has 2 aromatic carbocycles. The van der Waals surface area contributed by atoms with Crippen LogP contribution >= 0.6 is 0 Å². The highest BCUT2D eigenvalue weighted by molar-refractivity contribution is 6.02. The molecule has 3 nitrogen and oxygen atoms in total. The van der Waals surface area contributed by atoms with Crippen LogP contribution in [0.3, 0.4) is 0 Å². The van der Waals surface area contributed by atoms with E-state index in [1.54, 1.807) is 18.2 Å². The van der Waals surface area contributed by atoms with Crippen LogP contribution in [0.5, 0.6) is 5.75 Å². The predicted octanol–water partition coefficient (Wildman–Crippen LogP) is 4.87. The highest BCUT2D eigenvalue weighted by atomic mass is 19.3. The van der Waals surface area contributed by atoms with Crippen LogP contribution in [-0.4, -0.2) is 12.5 Å². The zero-order valence-electron chi connectivity index (χ0n) is 13.8. The molecule has 0 saturated heterocycles. The molecule has 2 rings (SSSR count). The molecule has 0 aromatic heterocycles. The van der Waals surface area contributed by atoms with Crippen molar-refractivity contribution in [2.45, 2.75) is 27.4 Å². The molecule has 0 spiro atoms. The van der Waals surface area contributed by atoms with Crippen molar-refractivity contribution in [3.05, 3.63) is 64.7 Å². The second-order valence-electron chi connectivity index (χ2n) is 5.54. The van der Waals surface area contributed by atoms with E-state index in [9.17, 15) is 13.6 Å². The lowest BCUT2D eigenvalue weighted by Crippen LogP contribution is -2.10. The van der Waals surface area contributed by atoms with Gasteiger partial charge in [-0.15, -0.1) is 0 Å². The molecule has 0 heterocycles. The normalized spacial score (nSPS) is 11.1. The molecule has 0 saturated carbocycles. The maximum atomic E-state index is 12.1. The molecule has 0 atom stereocenters. The third-order valence-corrected chi connectivity index (χ3v) is 3.46. The van der Waals surface area contributed by atoms with E-state index < -0.39 is 6.61 Å². The first-order valence-corrected chi connectivity index (χ1v) is 7.47. The van der Waals surface area contributed by atoms with Gasteiger partial charge in [0, 0.05) is 11.8 Å². The van der Waals surface area contributed by atoms with Gasteiger partial charge in [0.25, 0.3) is 0 Å². The molecular weight excluding hydrogens is 312 g/mol. The predicted molar refractivity (Wildman–Crippen MR) is 91.4 cm³/mol. The van der Waals surface area contributed by atoms with Gasteiger partial charge in [-0.2, -0.15) is 8.78 Å². The van der Waals surface area contributed by atoms with Gasteiger partial charge in [0.05, 0.1) is 0 Å². The summed E-state index contributed by atoms with van der Waals surface area (Å²) in [5, 5.41) is 2.86. The fraction of sp³-hybridized carbons (Fsp3) is 0.211. The van der Waals surface area contributed by atoms with Crippen LogP contribution in [0.25, 0.3) is 6.08 Å². The van der Waals surface area contributed by atoms with Crippen molar-refractivity contribution in [2.24, 2.45) is 0 Å². The first kappa shape index (κ1) is 17.7. The number of aryl methyl sites for hydroxylation is 3. The lowest BCUT2D eigenvalue weighted by atomic mass is 10.1. The Labute approximate surface area is 140 Å². The number of alkyl halides is 2. The molecule has 0 unspecified atom stereocenters. The lowest BCUT2D eigenvalue weighted by molar-refractivity contribution is -0.111. The van der Waals surface area contributed by atoms with E-state index >= 15 is 0 Å². The van der Waals surface area contributed by atoms with Crippen molar-refractivity contribution in [3.8, 4) is 5.75 Å². The number of benzene rings is 2. The first-order valence-electron chi connectivity index (χ1n) is 7.47. The van der Waals surface area contributed by atoms with Crippen LogP contribution in [-0.2, 0) is 4.79 Å². The van der Waals surface area contributed by atoms with Gasteiger partial charge in [0.1, 0.15) is 5.75 Å². The second-order valence-corrected chi connectivity index (χ2v) is 5.54. The Bertz CT molecular complexity index is 729. The monoisotopic (exact) mass is 331 g/mol. The summed E-state index contributed by atoms with van der Waals surface area (Å²) in [5.74, 6) is -0.171. The minimum atomic E-state index is -2.85. The fourth-order valence-electron chi connectivity index (χ4n) is 2.47. The number of rotatable bonds is 5. The summed E-state index contributed by atoms with van der Waals surface area (Å²) in [6.07, 6.45) is 3.02. The Morgan fingerprint density at radius 1 is 1.08 bits per heavy atom. The number of ether oxygens (including phenoxy) is 1. The van der Waals surface area contributed by atoms with Gasteiger partial charge in [-0.25, -0.2) is 0 Å². The molecule has 2 aromatic rings. The zero-order chi connectivity index (χ0) is 17.7. The van der Waals surface area contributed by atoms with Crippen molar-refractivity contribution >= 4 is 17.7 Å². The number of carbonyl (C=O) groups excluding carboxylic acids is 1. The van der Waals surface area contributed by atoms with Gasteiger partial charge in [-0.05, 0) is 55.7 Å². The number of nitrogens with one attached hydrogen (secondary N) is 1. The van der Waals surface area contributed by atoms with E-state index in [4.69, 9.17) is 0 Å². The third kappa shape index (κ3) is 4.91. The molecule has 0 aliphatic carbocycles. The topological polar surface area (TPSA) is 38.3 Å². The van der Waals surface area contributed by atoms with E-state index in [-0.39, 0.29) is 11.7 Å². The van der Waals surface area contributed by atoms with Crippen LogP contribution < -0.4 is 10.1 Å². The number of anilines is 1. The summed E-state index contributed by atoms with van der Waals surface area (Å²) < 4.78 is 28.4. The largest absolute Gasteiger partial charge is 0.435 e. The Morgan fingerprint density at radius 2 is 1.67 bits per heavy atom. The standard InChI is InChI=1S/C19H19F2NO2/c1-12-10-13(2)18(14(3)11-12)22-17(23)9-6-15-4-7-16(8-5-15)24-19(20)21/h4-11,19H,1-3H3,(H,22,23)/b9-6+. The van der Waals surface area contributed by atoms with E-state index in [0.29, 0.717) is 5.56 Å². The minimum absolute atomic E-state index is 0.0810. The van der Waals surface area contributed by atoms with Crippen molar-refractivity contribution in [1.82, 2.24) is 0 Å². The Morgan fingerprint density at radius 3 is 2.21 bits per heavy atom. The highest BCUT2D eigenvalue weighted by Gasteiger charge is 2.06. The molecular formula is C19H19F2NO2. The highest BCUT2D eigenvalue weighted by Crippen LogP contribution is 2.22. The van der Waals surface area contributed by atoms with Crippen LogP contribution in [0.2, 0.25) is 0 Å². The molecule has 5 heteroatoms. The molecule has 0 aliphatic heterocycles. The molecule has 24 heavy (non-hydrogen) atoms. The van der Waals surface area contributed by atoms with Crippen LogP contribution in [0.15, 0.2) is 42.5 Å². The van der Waals surface area contributed by atoms with E-state index in [0.717, 1.165) is 22.4 Å². The van der Waals surface area contributed by atoms with Gasteiger partial charge in [0.15, 0.2) is 0 Å². The Balaban J connectivity index is 2.03. The zero-order valence-corrected chi connectivity index (χ0v) is 13.8. The van der Waals surface area contributed by atoms with Gasteiger partial charge in [0.2, 0.25) is 5.91 Å². The summed E-state index contributed by atoms with van der Waals surface area (Å²) in [6, 6.07) is 10.1. The number of halogens is 2. The summed E-state index contributed by atoms with van der Waals surface area (Å²) in [4.78, 5) is 12.1. The number of hydrogen-bond acceptors (Lipinski definition) is 2. The van der Waals surface area contributed by atoms with Crippen LogP contribution in [0, 0.1) is 20.8 Å². The van der Waals surface area contributed by atoms with Crippen molar-refractivity contribution in [1.29, 1.82) is 0 Å². The lowest BCUT2D eigenvalue weighted by Gasteiger charge is -2.11. The van der Waals surface area contributed by atoms with Crippen molar-refractivity contribution < 1.29 is 18.3 Å². The molecule has 0 fully saturated rings. The van der Waals surface area contributed by atoms with Gasteiger partial charge >= 0.3 is 6.61 Å². The summed E-state index contributed by atoms with van der Waals surface area (Å²) in [7, 11) is 0. The van der Waals surface area contributed by atoms with Crippen molar-refractivity contribution in [3.63, 3.8) is 0 Å². The molecule has 0 bridgehead atoms. The van der Waals surface area contributed by atoms with Gasteiger partial charge in [-0.1, -0.05) is 29.8 Å². The number of carbonyl (C=O) groups is 1. The number of amides is 1. The molecule has 126 valence electrons. The summed E-state index contributed by atoms with van der Waals surface area (Å²) in [6.45, 7) is 3.05. The second kappa shape index (κ2) is 7.73. The van der Waals surface area contributed by atoms with E-state index in [1.807, 2.05) is 32.9 Å². The third-order valence-electron chi connectivity index (χ3n) is 3.46. The van der Waals surface area contributed by atoms with Crippen molar-refractivity contribution in [2.75, 3.05) is 5.32 Å². The van der Waals surface area contributed by atoms with Gasteiger partial charge in [-0.3, -0.25) is 4.79 Å². The quantitative estimate of drug-likeness (QED) is 0.794. The maximum Gasteiger partial charge on any atom is 0.387 e. The van der Waals surface area contributed by atoms with Crippen LogP contribution in [0.4, 0.5) is 14.5 Å². The minimum Gasteiger partial charge on any atom is -0.435 e. The molecule has 1 N–H and O–H groups in total. The van der Waals surface area contributed by atoms with Gasteiger partial charge < -0.3 is 10.1 Å². The molecule has 0 aliphatic rings. The number of hydrogen-bond donors (Lipinski definition) is 1. The summed E-state index contributed by atoms with van der Waals surface area (Å²) >= 11 is 0. The average Bonchev–Trinajstić information content (AvgIpc) is 2.49. The maximum absolute atomic E-state index is 12.1. The molecule has 1 amide bonds. The Hall–Kier alpha value is -2.69. The Kier molecular flexibility index (Phi) is 5.68.